The molecular formula is C8H9BrO3. The predicted octanol–water partition coefficient (Wildman–Crippen LogP) is 1.66. The number of methoxy groups -OCH3 is 1. The molecule has 0 saturated heterocycles. The number of phenols is 1. The van der Waals surface area contributed by atoms with E-state index in [1.807, 2.05) is 0 Å². The summed E-state index contributed by atoms with van der Waals surface area (Å²) in [5, 5.41) is 18.3. The fourth-order valence-corrected chi connectivity index (χ4v) is 1.25. The van der Waals surface area contributed by atoms with E-state index in [-0.39, 0.29) is 12.4 Å². The van der Waals surface area contributed by atoms with Crippen molar-refractivity contribution in [3.05, 3.63) is 22.2 Å². The summed E-state index contributed by atoms with van der Waals surface area (Å²) in [6.45, 7) is -0.149. The Labute approximate surface area is 78.7 Å². The number of hydrogen-bond acceptors (Lipinski definition) is 3. The molecule has 0 bridgehead atoms. The lowest BCUT2D eigenvalue weighted by Gasteiger charge is -2.08. The van der Waals surface area contributed by atoms with Crippen LogP contribution in [0.1, 0.15) is 5.56 Å². The second-order valence-electron chi connectivity index (χ2n) is 2.25. The highest BCUT2D eigenvalue weighted by molar-refractivity contribution is 9.10. The second-order valence-corrected chi connectivity index (χ2v) is 3.10. The number of hydrogen-bond donors (Lipinski definition) is 2. The van der Waals surface area contributed by atoms with E-state index in [4.69, 9.17) is 9.84 Å². The van der Waals surface area contributed by atoms with Gasteiger partial charge in [0.1, 0.15) is 0 Å². The minimum Gasteiger partial charge on any atom is -0.503 e. The third-order valence-electron chi connectivity index (χ3n) is 1.54. The highest BCUT2D eigenvalue weighted by Gasteiger charge is 2.10. The number of aromatic hydroxyl groups is 1. The summed E-state index contributed by atoms with van der Waals surface area (Å²) in [4.78, 5) is 0. The van der Waals surface area contributed by atoms with E-state index in [1.54, 1.807) is 12.1 Å². The lowest BCUT2D eigenvalue weighted by atomic mass is 10.2. The highest BCUT2D eigenvalue weighted by Crippen LogP contribution is 2.36. The molecule has 0 amide bonds. The number of rotatable bonds is 2. The van der Waals surface area contributed by atoms with Crippen LogP contribution in [0.2, 0.25) is 0 Å². The van der Waals surface area contributed by atoms with E-state index in [0.717, 1.165) is 0 Å². The van der Waals surface area contributed by atoms with Crippen LogP contribution >= 0.6 is 15.9 Å². The summed E-state index contributed by atoms with van der Waals surface area (Å²) >= 11 is 3.14. The Morgan fingerprint density at radius 3 is 2.67 bits per heavy atom. The molecule has 0 saturated carbocycles. The molecular weight excluding hydrogens is 224 g/mol. The van der Waals surface area contributed by atoms with Crippen molar-refractivity contribution in [3.8, 4) is 11.5 Å². The van der Waals surface area contributed by atoms with Crippen LogP contribution in [-0.2, 0) is 6.61 Å². The first kappa shape index (κ1) is 9.35. The van der Waals surface area contributed by atoms with Crippen molar-refractivity contribution in [2.24, 2.45) is 0 Å². The van der Waals surface area contributed by atoms with Crippen LogP contribution in [0.3, 0.4) is 0 Å². The van der Waals surface area contributed by atoms with Gasteiger partial charge in [0.05, 0.1) is 18.2 Å². The molecule has 1 rings (SSSR count). The fourth-order valence-electron chi connectivity index (χ4n) is 0.941. The molecule has 0 fully saturated rings. The minimum atomic E-state index is -0.149. The lowest BCUT2D eigenvalue weighted by Crippen LogP contribution is -1.92. The maximum atomic E-state index is 9.43. The lowest BCUT2D eigenvalue weighted by molar-refractivity contribution is 0.270. The SMILES string of the molecule is COc1c(CO)ccc(Br)c1O. The number of ether oxygens (including phenoxy) is 1. The molecule has 0 heterocycles. The van der Waals surface area contributed by atoms with Crippen molar-refractivity contribution in [2.75, 3.05) is 7.11 Å². The monoisotopic (exact) mass is 232 g/mol. The van der Waals surface area contributed by atoms with Crippen molar-refractivity contribution in [1.82, 2.24) is 0 Å². The van der Waals surface area contributed by atoms with Gasteiger partial charge in [0.2, 0.25) is 0 Å². The number of aliphatic hydroxyl groups is 1. The zero-order valence-electron chi connectivity index (χ0n) is 6.54. The molecule has 66 valence electrons. The standard InChI is InChI=1S/C8H9BrO3/c1-12-8-5(4-10)2-3-6(9)7(8)11/h2-3,10-11H,4H2,1H3. The quantitative estimate of drug-likeness (QED) is 0.816. The summed E-state index contributed by atoms with van der Waals surface area (Å²) in [7, 11) is 1.45. The molecule has 0 spiro atoms. The summed E-state index contributed by atoms with van der Waals surface area (Å²) in [5.74, 6) is 0.330. The zero-order valence-corrected chi connectivity index (χ0v) is 8.13. The van der Waals surface area contributed by atoms with Crippen molar-refractivity contribution in [2.45, 2.75) is 6.61 Å². The van der Waals surface area contributed by atoms with Crippen molar-refractivity contribution >= 4 is 15.9 Å². The fraction of sp³-hybridized carbons (Fsp3) is 0.250. The number of halogens is 1. The van der Waals surface area contributed by atoms with E-state index >= 15 is 0 Å². The molecule has 0 aliphatic heterocycles. The van der Waals surface area contributed by atoms with Gasteiger partial charge in [-0.2, -0.15) is 0 Å². The largest absolute Gasteiger partial charge is 0.503 e. The van der Waals surface area contributed by atoms with Gasteiger partial charge < -0.3 is 14.9 Å². The van der Waals surface area contributed by atoms with Crippen molar-refractivity contribution in [3.63, 3.8) is 0 Å². The third-order valence-corrected chi connectivity index (χ3v) is 2.18. The Hall–Kier alpha value is -0.740. The molecule has 0 unspecified atom stereocenters. The van der Waals surface area contributed by atoms with Gasteiger partial charge in [-0.05, 0) is 22.0 Å². The van der Waals surface area contributed by atoms with Crippen LogP contribution in [0.4, 0.5) is 0 Å². The van der Waals surface area contributed by atoms with Gasteiger partial charge in [0, 0.05) is 5.56 Å². The van der Waals surface area contributed by atoms with Crippen LogP contribution in [-0.4, -0.2) is 17.3 Å². The Morgan fingerprint density at radius 1 is 1.50 bits per heavy atom. The third kappa shape index (κ3) is 1.54. The summed E-state index contributed by atoms with van der Waals surface area (Å²) in [6, 6.07) is 3.34. The van der Waals surface area contributed by atoms with Gasteiger partial charge in [-0.1, -0.05) is 6.07 Å². The molecule has 3 nitrogen and oxygen atoms in total. The Kier molecular flexibility index (Phi) is 2.94. The second kappa shape index (κ2) is 3.78. The molecule has 2 N–H and O–H groups in total. The molecule has 0 aromatic heterocycles. The average Bonchev–Trinajstić information content (AvgIpc) is 2.09. The predicted molar refractivity (Wildman–Crippen MR) is 48.3 cm³/mol. The molecule has 0 aliphatic rings. The maximum absolute atomic E-state index is 9.43. The molecule has 0 radical (unpaired) electrons. The first-order valence-corrected chi connectivity index (χ1v) is 4.15. The molecule has 0 atom stereocenters. The van der Waals surface area contributed by atoms with Gasteiger partial charge in [0.25, 0.3) is 0 Å². The molecule has 0 aliphatic carbocycles. The average molecular weight is 233 g/mol. The normalized spacial score (nSPS) is 9.92. The summed E-state index contributed by atoms with van der Waals surface area (Å²) in [6.07, 6.45) is 0. The van der Waals surface area contributed by atoms with Crippen LogP contribution in [0.15, 0.2) is 16.6 Å². The van der Waals surface area contributed by atoms with Crippen molar-refractivity contribution in [1.29, 1.82) is 0 Å². The minimum absolute atomic E-state index is 0.0176. The highest BCUT2D eigenvalue weighted by atomic mass is 79.9. The van der Waals surface area contributed by atoms with E-state index in [2.05, 4.69) is 15.9 Å². The number of phenolic OH excluding ortho intramolecular Hbond substituents is 1. The van der Waals surface area contributed by atoms with Gasteiger partial charge in [-0.3, -0.25) is 0 Å². The maximum Gasteiger partial charge on any atom is 0.172 e. The van der Waals surface area contributed by atoms with Gasteiger partial charge in [0.15, 0.2) is 11.5 Å². The Bertz CT molecular complexity index is 286. The molecule has 1 aromatic rings. The molecule has 1 aromatic carbocycles. The van der Waals surface area contributed by atoms with Crippen LogP contribution in [0, 0.1) is 0 Å². The topological polar surface area (TPSA) is 49.7 Å². The van der Waals surface area contributed by atoms with Crippen LogP contribution in [0.25, 0.3) is 0 Å². The smallest absolute Gasteiger partial charge is 0.172 e. The van der Waals surface area contributed by atoms with Crippen LogP contribution < -0.4 is 4.74 Å². The van der Waals surface area contributed by atoms with Gasteiger partial charge in [-0.25, -0.2) is 0 Å². The van der Waals surface area contributed by atoms with E-state index in [0.29, 0.717) is 15.8 Å². The first-order valence-electron chi connectivity index (χ1n) is 3.36. The van der Waals surface area contributed by atoms with Gasteiger partial charge in [-0.15, -0.1) is 0 Å². The Balaban J connectivity index is 3.25. The van der Waals surface area contributed by atoms with Crippen LogP contribution in [0.5, 0.6) is 11.5 Å². The number of benzene rings is 1. The zero-order chi connectivity index (χ0) is 9.14. The summed E-state index contributed by atoms with van der Waals surface area (Å²) in [5.41, 5.74) is 0.568. The van der Waals surface area contributed by atoms with Gasteiger partial charge >= 0.3 is 0 Å². The number of aliphatic hydroxyl groups excluding tert-OH is 1. The first-order chi connectivity index (χ1) is 5.70. The molecule has 12 heavy (non-hydrogen) atoms. The van der Waals surface area contributed by atoms with E-state index in [9.17, 15) is 5.11 Å². The Morgan fingerprint density at radius 2 is 2.17 bits per heavy atom. The van der Waals surface area contributed by atoms with E-state index < -0.39 is 0 Å². The molecule has 4 heteroatoms. The summed E-state index contributed by atoms with van der Waals surface area (Å²) < 4.78 is 5.46. The van der Waals surface area contributed by atoms with E-state index in [1.165, 1.54) is 7.11 Å². The van der Waals surface area contributed by atoms with Crippen molar-refractivity contribution < 1.29 is 14.9 Å².